The second-order valence-corrected chi connectivity index (χ2v) is 5.46. The van der Waals surface area contributed by atoms with Crippen molar-refractivity contribution in [1.82, 2.24) is 15.0 Å². The molecule has 6 nitrogen and oxygen atoms in total. The fourth-order valence-electron chi connectivity index (χ4n) is 2.60. The molecule has 124 valence electrons. The quantitative estimate of drug-likeness (QED) is 0.619. The minimum absolute atomic E-state index is 0.161. The molecule has 0 spiro atoms. The zero-order chi connectivity index (χ0) is 17.2. The van der Waals surface area contributed by atoms with Crippen molar-refractivity contribution in [3.8, 4) is 0 Å². The number of nitrogens with one attached hydrogen (secondary N) is 1. The van der Waals surface area contributed by atoms with Crippen LogP contribution < -0.4 is 5.32 Å². The van der Waals surface area contributed by atoms with Gasteiger partial charge in [0.1, 0.15) is 11.0 Å². The van der Waals surface area contributed by atoms with E-state index in [2.05, 4.69) is 15.6 Å². The average Bonchev–Trinajstić information content (AvgIpc) is 3.29. The number of hydrogen-bond donors (Lipinski definition) is 1. The van der Waals surface area contributed by atoms with Gasteiger partial charge in [0.05, 0.1) is 18.5 Å². The molecule has 0 radical (unpaired) electrons. The first-order valence-corrected chi connectivity index (χ1v) is 7.63. The van der Waals surface area contributed by atoms with E-state index in [1.54, 1.807) is 12.1 Å². The lowest BCUT2D eigenvalue weighted by atomic mass is 10.2. The van der Waals surface area contributed by atoms with E-state index >= 15 is 0 Å². The molecule has 0 fully saturated rings. The molecule has 2 aromatic carbocycles. The average molecular weight is 336 g/mol. The number of hydrogen-bond acceptors (Lipinski definition) is 4. The fourth-order valence-corrected chi connectivity index (χ4v) is 2.60. The summed E-state index contributed by atoms with van der Waals surface area (Å²) in [4.78, 5) is 12.1. The number of rotatable bonds is 4. The van der Waals surface area contributed by atoms with Crippen molar-refractivity contribution in [2.75, 3.05) is 5.32 Å². The lowest BCUT2D eigenvalue weighted by Gasteiger charge is -2.06. The number of carbonyl (C=O) groups is 1. The van der Waals surface area contributed by atoms with Gasteiger partial charge in [-0.1, -0.05) is 35.5 Å². The van der Waals surface area contributed by atoms with Crippen LogP contribution in [0.2, 0.25) is 0 Å². The van der Waals surface area contributed by atoms with Crippen molar-refractivity contribution in [1.29, 1.82) is 0 Å². The topological polar surface area (TPSA) is 73.0 Å². The molecule has 2 heterocycles. The molecule has 0 saturated carbocycles. The van der Waals surface area contributed by atoms with Gasteiger partial charge in [0, 0.05) is 0 Å². The van der Waals surface area contributed by atoms with Crippen LogP contribution in [0.15, 0.2) is 65.3 Å². The molecular weight excluding hydrogens is 323 g/mol. The van der Waals surface area contributed by atoms with E-state index in [9.17, 15) is 9.18 Å². The second-order valence-electron chi connectivity index (χ2n) is 5.46. The van der Waals surface area contributed by atoms with Gasteiger partial charge in [-0.15, -0.1) is 5.10 Å². The zero-order valence-corrected chi connectivity index (χ0v) is 13.0. The van der Waals surface area contributed by atoms with Crippen molar-refractivity contribution >= 4 is 22.6 Å². The largest absolute Gasteiger partial charge is 0.459 e. The van der Waals surface area contributed by atoms with Crippen LogP contribution >= 0.6 is 0 Å². The van der Waals surface area contributed by atoms with Crippen molar-refractivity contribution in [3.05, 3.63) is 78.0 Å². The van der Waals surface area contributed by atoms with Gasteiger partial charge < -0.3 is 9.73 Å². The molecule has 0 aliphatic heterocycles. The van der Waals surface area contributed by atoms with Crippen LogP contribution in [0.1, 0.15) is 16.1 Å². The number of anilines is 1. The van der Waals surface area contributed by atoms with Crippen molar-refractivity contribution in [2.24, 2.45) is 0 Å². The Kier molecular flexibility index (Phi) is 3.74. The van der Waals surface area contributed by atoms with Crippen LogP contribution in [0.4, 0.5) is 10.1 Å². The number of carbonyl (C=O) groups excluding carboxylic acids is 1. The molecule has 1 amide bonds. The summed E-state index contributed by atoms with van der Waals surface area (Å²) in [6.07, 6.45) is 1.41. The molecule has 25 heavy (non-hydrogen) atoms. The monoisotopic (exact) mass is 336 g/mol. The third-order valence-corrected chi connectivity index (χ3v) is 3.78. The molecule has 0 aliphatic rings. The first-order valence-electron chi connectivity index (χ1n) is 7.63. The first kappa shape index (κ1) is 15.1. The number of benzene rings is 2. The Morgan fingerprint density at radius 1 is 1.12 bits per heavy atom. The van der Waals surface area contributed by atoms with Crippen LogP contribution in [0.25, 0.3) is 11.0 Å². The summed E-state index contributed by atoms with van der Waals surface area (Å²) in [5.41, 5.74) is 1.87. The van der Waals surface area contributed by atoms with Gasteiger partial charge in [0.2, 0.25) is 0 Å². The number of halogens is 1. The molecule has 0 bridgehead atoms. The normalized spacial score (nSPS) is 10.9. The van der Waals surface area contributed by atoms with E-state index in [0.717, 1.165) is 5.56 Å². The standard InChI is InChI=1S/C18H13FN4O2/c19-13-8-9-14(20-18(24)15-7-4-10-25-15)16-17(13)23(22-21-16)11-12-5-2-1-3-6-12/h1-10H,11H2,(H,20,24). The molecule has 7 heteroatoms. The third kappa shape index (κ3) is 2.87. The summed E-state index contributed by atoms with van der Waals surface area (Å²) in [6.45, 7) is 0.379. The van der Waals surface area contributed by atoms with Crippen LogP contribution in [-0.2, 0) is 6.54 Å². The summed E-state index contributed by atoms with van der Waals surface area (Å²) < 4.78 is 20.9. The number of fused-ring (bicyclic) bond motifs is 1. The summed E-state index contributed by atoms with van der Waals surface area (Å²) in [5.74, 6) is -0.725. The molecule has 1 N–H and O–H groups in total. The van der Waals surface area contributed by atoms with Gasteiger partial charge in [0.25, 0.3) is 5.91 Å². The fraction of sp³-hybridized carbons (Fsp3) is 0.0556. The van der Waals surface area contributed by atoms with Crippen LogP contribution in [0, 0.1) is 5.82 Å². The van der Waals surface area contributed by atoms with Gasteiger partial charge >= 0.3 is 0 Å². The lowest BCUT2D eigenvalue weighted by Crippen LogP contribution is -2.11. The summed E-state index contributed by atoms with van der Waals surface area (Å²) in [7, 11) is 0. The van der Waals surface area contributed by atoms with Gasteiger partial charge in [-0.05, 0) is 29.8 Å². The smallest absolute Gasteiger partial charge is 0.291 e. The number of amides is 1. The van der Waals surface area contributed by atoms with Gasteiger partial charge in [-0.25, -0.2) is 9.07 Å². The molecule has 0 aliphatic carbocycles. The van der Waals surface area contributed by atoms with Gasteiger partial charge in [0.15, 0.2) is 11.6 Å². The van der Waals surface area contributed by atoms with E-state index in [4.69, 9.17) is 4.42 Å². The third-order valence-electron chi connectivity index (χ3n) is 3.78. The first-order chi connectivity index (χ1) is 12.2. The van der Waals surface area contributed by atoms with E-state index in [1.807, 2.05) is 30.3 Å². The molecule has 0 saturated heterocycles. The van der Waals surface area contributed by atoms with E-state index in [1.165, 1.54) is 23.1 Å². The highest BCUT2D eigenvalue weighted by Gasteiger charge is 2.17. The molecular formula is C18H13FN4O2. The molecule has 0 unspecified atom stereocenters. The van der Waals surface area contributed by atoms with E-state index in [-0.39, 0.29) is 16.8 Å². The molecule has 4 rings (SSSR count). The lowest BCUT2D eigenvalue weighted by molar-refractivity contribution is 0.0997. The number of furan rings is 1. The Bertz CT molecular complexity index is 1030. The number of nitrogens with zero attached hydrogens (tertiary/aromatic N) is 3. The molecule has 4 aromatic rings. The molecule has 2 aromatic heterocycles. The Morgan fingerprint density at radius 2 is 1.96 bits per heavy atom. The van der Waals surface area contributed by atoms with Gasteiger partial charge in [-0.2, -0.15) is 0 Å². The highest BCUT2D eigenvalue weighted by atomic mass is 19.1. The van der Waals surface area contributed by atoms with Gasteiger partial charge in [-0.3, -0.25) is 4.79 Å². The van der Waals surface area contributed by atoms with Crippen LogP contribution in [0.3, 0.4) is 0 Å². The zero-order valence-electron chi connectivity index (χ0n) is 13.0. The Balaban J connectivity index is 1.70. The predicted octanol–water partition coefficient (Wildman–Crippen LogP) is 3.46. The maximum Gasteiger partial charge on any atom is 0.291 e. The van der Waals surface area contributed by atoms with Crippen LogP contribution in [-0.4, -0.2) is 20.9 Å². The Hall–Kier alpha value is -3.48. The Labute approximate surface area is 141 Å². The summed E-state index contributed by atoms with van der Waals surface area (Å²) in [6, 6.07) is 15.5. The minimum Gasteiger partial charge on any atom is -0.459 e. The SMILES string of the molecule is O=C(Nc1ccc(F)c2c1nnn2Cc1ccccc1)c1ccco1. The van der Waals surface area contributed by atoms with E-state index in [0.29, 0.717) is 12.2 Å². The van der Waals surface area contributed by atoms with Crippen LogP contribution in [0.5, 0.6) is 0 Å². The van der Waals surface area contributed by atoms with Crippen molar-refractivity contribution < 1.29 is 13.6 Å². The summed E-state index contributed by atoms with van der Waals surface area (Å²) in [5, 5.41) is 10.7. The highest BCUT2D eigenvalue weighted by molar-refractivity contribution is 6.06. The summed E-state index contributed by atoms with van der Waals surface area (Å²) >= 11 is 0. The predicted molar refractivity (Wildman–Crippen MR) is 89.7 cm³/mol. The minimum atomic E-state index is -0.452. The van der Waals surface area contributed by atoms with Crippen molar-refractivity contribution in [2.45, 2.75) is 6.54 Å². The van der Waals surface area contributed by atoms with E-state index < -0.39 is 11.7 Å². The maximum absolute atomic E-state index is 14.3. The Morgan fingerprint density at radius 3 is 2.72 bits per heavy atom. The van der Waals surface area contributed by atoms with Crippen molar-refractivity contribution in [3.63, 3.8) is 0 Å². The number of aromatic nitrogens is 3. The highest BCUT2D eigenvalue weighted by Crippen LogP contribution is 2.25. The molecule has 0 atom stereocenters. The maximum atomic E-state index is 14.3. The second kappa shape index (κ2) is 6.20.